The molecule has 0 bridgehead atoms. The Morgan fingerprint density at radius 1 is 0.224 bits per heavy atom. The molecule has 0 aliphatic heterocycles. The molecule has 0 amide bonds. The molecule has 0 N–H and O–H groups in total. The third-order valence-electron chi connectivity index (χ3n) is 12.4. The van der Waals surface area contributed by atoms with Crippen LogP contribution >= 0.6 is 22.7 Å². The van der Waals surface area contributed by atoms with Crippen LogP contribution < -0.4 is 0 Å². The zero-order chi connectivity index (χ0) is 37.9. The maximum absolute atomic E-state index is 2.43. The molecule has 0 fully saturated rings. The average Bonchev–Trinajstić information content (AvgIpc) is 3.84. The van der Waals surface area contributed by atoms with Gasteiger partial charge in [0.15, 0.2) is 0 Å². The van der Waals surface area contributed by atoms with Gasteiger partial charge in [-0.3, -0.25) is 0 Å². The van der Waals surface area contributed by atoms with Gasteiger partial charge in [0.1, 0.15) is 0 Å². The highest BCUT2D eigenvalue weighted by Crippen LogP contribution is 2.46. The number of thiophene rings is 2. The highest BCUT2D eigenvalue weighted by Gasteiger charge is 2.18. The smallest absolute Gasteiger partial charge is 0.0362 e. The average molecular weight is 769 g/mol. The van der Waals surface area contributed by atoms with Gasteiger partial charge in [-0.15, -0.1) is 22.7 Å². The molecule has 0 aliphatic rings. The van der Waals surface area contributed by atoms with Crippen LogP contribution in [0.15, 0.2) is 194 Å². The summed E-state index contributed by atoms with van der Waals surface area (Å²) in [5.74, 6) is 0. The van der Waals surface area contributed by atoms with Crippen molar-refractivity contribution in [3.8, 4) is 33.4 Å². The van der Waals surface area contributed by atoms with Gasteiger partial charge in [0.05, 0.1) is 0 Å². The van der Waals surface area contributed by atoms with Crippen LogP contribution in [0.25, 0.3) is 128 Å². The first-order valence-electron chi connectivity index (χ1n) is 19.9. The van der Waals surface area contributed by atoms with Crippen LogP contribution in [-0.2, 0) is 0 Å². The third-order valence-corrected chi connectivity index (χ3v) is 14.6. The van der Waals surface area contributed by atoms with Gasteiger partial charge < -0.3 is 0 Å². The van der Waals surface area contributed by atoms with Gasteiger partial charge in [0.2, 0.25) is 0 Å². The monoisotopic (exact) mass is 768 g/mol. The first kappa shape index (κ1) is 32.3. The molecular formula is C56H32S2. The molecule has 13 aromatic rings. The van der Waals surface area contributed by atoms with Crippen molar-refractivity contribution in [1.29, 1.82) is 0 Å². The zero-order valence-electron chi connectivity index (χ0n) is 31.3. The highest BCUT2D eigenvalue weighted by molar-refractivity contribution is 7.26. The second-order valence-electron chi connectivity index (χ2n) is 15.6. The van der Waals surface area contributed by atoms with E-state index in [4.69, 9.17) is 0 Å². The lowest BCUT2D eigenvalue weighted by molar-refractivity contribution is 1.67. The van der Waals surface area contributed by atoms with Crippen LogP contribution in [0, 0.1) is 0 Å². The molecule has 13 rings (SSSR count). The summed E-state index contributed by atoms with van der Waals surface area (Å²) in [4.78, 5) is 0. The molecule has 0 saturated heterocycles. The third kappa shape index (κ3) is 4.80. The van der Waals surface area contributed by atoms with E-state index in [9.17, 15) is 0 Å². The minimum Gasteiger partial charge on any atom is -0.135 e. The number of rotatable bonds is 3. The summed E-state index contributed by atoms with van der Waals surface area (Å²) in [6.07, 6.45) is 0. The van der Waals surface area contributed by atoms with Crippen LogP contribution in [0.2, 0.25) is 0 Å². The van der Waals surface area contributed by atoms with Gasteiger partial charge in [-0.1, -0.05) is 146 Å². The lowest BCUT2D eigenvalue weighted by atomic mass is 9.85. The Hall–Kier alpha value is -6.84. The molecule has 58 heavy (non-hydrogen) atoms. The SMILES string of the molecule is c1ccc2cc(-c3c4ccccc4c(-c4ccc5cc(-c6ccc7c(c6)sc6ccc8cc9c(cc8c67)sc6ccccc69)ccc5c4)c4ccccc34)ccc2c1. The minimum atomic E-state index is 1.24. The molecule has 2 aromatic heterocycles. The van der Waals surface area contributed by atoms with Gasteiger partial charge in [-0.25, -0.2) is 0 Å². The van der Waals surface area contributed by atoms with E-state index in [1.54, 1.807) is 0 Å². The summed E-state index contributed by atoms with van der Waals surface area (Å²) in [7, 11) is 0. The van der Waals surface area contributed by atoms with Crippen molar-refractivity contribution < 1.29 is 0 Å². The van der Waals surface area contributed by atoms with E-state index in [0.717, 1.165) is 0 Å². The van der Waals surface area contributed by atoms with Gasteiger partial charge in [0.25, 0.3) is 0 Å². The number of hydrogen-bond donors (Lipinski definition) is 0. The summed E-state index contributed by atoms with van der Waals surface area (Å²) in [5, 5.41) is 18.2. The Morgan fingerprint density at radius 2 is 0.707 bits per heavy atom. The summed E-state index contributed by atoms with van der Waals surface area (Å²) in [6.45, 7) is 0. The van der Waals surface area contributed by atoms with E-state index in [2.05, 4.69) is 194 Å². The predicted molar refractivity (Wildman–Crippen MR) is 256 cm³/mol. The maximum Gasteiger partial charge on any atom is 0.0362 e. The summed E-state index contributed by atoms with van der Waals surface area (Å²) < 4.78 is 5.38. The molecule has 0 aliphatic carbocycles. The molecule has 268 valence electrons. The van der Waals surface area contributed by atoms with Crippen molar-refractivity contribution in [1.82, 2.24) is 0 Å². The van der Waals surface area contributed by atoms with Crippen molar-refractivity contribution in [2.75, 3.05) is 0 Å². The normalized spacial score (nSPS) is 12.1. The van der Waals surface area contributed by atoms with Crippen molar-refractivity contribution in [3.63, 3.8) is 0 Å². The van der Waals surface area contributed by atoms with Crippen LogP contribution in [0.1, 0.15) is 0 Å². The lowest BCUT2D eigenvalue weighted by Crippen LogP contribution is -1.91. The summed E-state index contributed by atoms with van der Waals surface area (Å²) in [6, 6.07) is 72.7. The Morgan fingerprint density at radius 3 is 1.41 bits per heavy atom. The molecule has 0 unspecified atom stereocenters. The Kier molecular flexibility index (Phi) is 6.86. The van der Waals surface area contributed by atoms with Crippen LogP contribution in [0.4, 0.5) is 0 Å². The van der Waals surface area contributed by atoms with Gasteiger partial charge in [-0.05, 0) is 136 Å². The molecule has 0 nitrogen and oxygen atoms in total. The predicted octanol–water partition coefficient (Wildman–Crippen LogP) is 17.2. The number of hydrogen-bond acceptors (Lipinski definition) is 2. The van der Waals surface area contributed by atoms with Gasteiger partial charge in [-0.2, -0.15) is 0 Å². The molecule has 0 spiro atoms. The molecule has 11 aromatic carbocycles. The van der Waals surface area contributed by atoms with E-state index in [1.807, 2.05) is 22.7 Å². The topological polar surface area (TPSA) is 0 Å². The van der Waals surface area contributed by atoms with Crippen molar-refractivity contribution in [2.24, 2.45) is 0 Å². The summed E-state index contributed by atoms with van der Waals surface area (Å²) in [5.41, 5.74) is 7.57. The fourth-order valence-corrected chi connectivity index (χ4v) is 12.0. The molecule has 2 heterocycles. The van der Waals surface area contributed by atoms with Crippen molar-refractivity contribution >= 4 is 117 Å². The van der Waals surface area contributed by atoms with E-state index in [0.29, 0.717) is 0 Å². The van der Waals surface area contributed by atoms with Crippen LogP contribution in [-0.4, -0.2) is 0 Å². The maximum atomic E-state index is 2.43. The van der Waals surface area contributed by atoms with Crippen LogP contribution in [0.5, 0.6) is 0 Å². The quantitative estimate of drug-likeness (QED) is 0.157. The lowest BCUT2D eigenvalue weighted by Gasteiger charge is -2.18. The standard InChI is InChI=1S/C56H32S2/c1-2-10-34-28-40(21-17-33(34)9-1)54-43-12-3-5-14-45(43)55(46-15-6-4-13-44(46)54)41-22-20-35-27-36(18-19-37(35)29-41)38-23-25-47-52(31-38)58-51-26-24-39-30-49-42-11-7-8-16-50(42)57-53(49)32-48(39)56(47)51/h1-32H. The van der Waals surface area contributed by atoms with E-state index in [-0.39, 0.29) is 0 Å². The summed E-state index contributed by atoms with van der Waals surface area (Å²) >= 11 is 3.80. The first-order valence-corrected chi connectivity index (χ1v) is 21.5. The fourth-order valence-electron chi connectivity index (χ4n) is 9.67. The highest BCUT2D eigenvalue weighted by atomic mass is 32.1. The van der Waals surface area contributed by atoms with E-state index >= 15 is 0 Å². The van der Waals surface area contributed by atoms with E-state index in [1.165, 1.54) is 128 Å². The van der Waals surface area contributed by atoms with Gasteiger partial charge >= 0.3 is 0 Å². The Labute approximate surface area is 342 Å². The number of benzene rings is 11. The first-order chi connectivity index (χ1) is 28.7. The van der Waals surface area contributed by atoms with Gasteiger partial charge in [0, 0.05) is 40.3 Å². The van der Waals surface area contributed by atoms with E-state index < -0.39 is 0 Å². The Bertz CT molecular complexity index is 3800. The second-order valence-corrected chi connectivity index (χ2v) is 17.8. The molecule has 0 saturated carbocycles. The second kappa shape index (κ2) is 12.3. The van der Waals surface area contributed by atoms with Crippen molar-refractivity contribution in [3.05, 3.63) is 194 Å². The molecule has 0 atom stereocenters. The molecular weight excluding hydrogens is 737 g/mol. The van der Waals surface area contributed by atoms with Crippen LogP contribution in [0.3, 0.4) is 0 Å². The molecule has 2 heteroatoms. The van der Waals surface area contributed by atoms with Crippen molar-refractivity contribution in [2.45, 2.75) is 0 Å². The number of fused-ring (bicyclic) bond motifs is 12. The zero-order valence-corrected chi connectivity index (χ0v) is 32.9. The largest absolute Gasteiger partial charge is 0.135 e. The Balaban J connectivity index is 0.919. The minimum absolute atomic E-state index is 1.24. The fraction of sp³-hybridized carbons (Fsp3) is 0. The molecule has 0 radical (unpaired) electrons.